The van der Waals surface area contributed by atoms with E-state index in [0.29, 0.717) is 38.6 Å². The lowest BCUT2D eigenvalue weighted by Gasteiger charge is -2.37. The molecule has 0 aliphatic carbocycles. The Hall–Kier alpha value is -0.410. The van der Waals surface area contributed by atoms with Gasteiger partial charge in [0.1, 0.15) is 0 Å². The third kappa shape index (κ3) is 5.32. The smallest absolute Gasteiger partial charge is 0.281 e. The predicted octanol–water partition coefficient (Wildman–Crippen LogP) is 0.965. The van der Waals surface area contributed by atoms with Crippen molar-refractivity contribution < 1.29 is 13.2 Å². The number of halogens is 1. The summed E-state index contributed by atoms with van der Waals surface area (Å²) in [4.78, 5) is 12.1. The number of amides is 1. The summed E-state index contributed by atoms with van der Waals surface area (Å²) < 4.78 is 29.1. The van der Waals surface area contributed by atoms with Gasteiger partial charge in [-0.1, -0.05) is 6.92 Å². The summed E-state index contributed by atoms with van der Waals surface area (Å²) in [6.07, 6.45) is 5.67. The zero-order chi connectivity index (χ0) is 17.9. The summed E-state index contributed by atoms with van der Waals surface area (Å²) in [7, 11) is -3.35. The quantitative estimate of drug-likeness (QED) is 0.710. The molecule has 0 aromatic rings. The van der Waals surface area contributed by atoms with Crippen LogP contribution < -0.4 is 10.6 Å². The molecular formula is C17H33ClN4O3S. The largest absolute Gasteiger partial charge is 0.354 e. The third-order valence-corrected chi connectivity index (χ3v) is 7.82. The van der Waals surface area contributed by atoms with Gasteiger partial charge < -0.3 is 10.6 Å². The predicted molar refractivity (Wildman–Crippen MR) is 104 cm³/mol. The zero-order valence-electron chi connectivity index (χ0n) is 15.7. The van der Waals surface area contributed by atoms with Crippen molar-refractivity contribution in [3.8, 4) is 0 Å². The van der Waals surface area contributed by atoms with Gasteiger partial charge in [0.25, 0.3) is 10.2 Å². The maximum absolute atomic E-state index is 12.9. The second kappa shape index (κ2) is 9.68. The van der Waals surface area contributed by atoms with E-state index >= 15 is 0 Å². The average molecular weight is 409 g/mol. The Morgan fingerprint density at radius 3 is 2.46 bits per heavy atom. The summed E-state index contributed by atoms with van der Waals surface area (Å²) >= 11 is 0. The topological polar surface area (TPSA) is 81.8 Å². The van der Waals surface area contributed by atoms with Crippen molar-refractivity contribution in [2.24, 2.45) is 11.8 Å². The van der Waals surface area contributed by atoms with Crippen LogP contribution in [0.15, 0.2) is 0 Å². The van der Waals surface area contributed by atoms with Gasteiger partial charge in [0.2, 0.25) is 5.91 Å². The van der Waals surface area contributed by atoms with Crippen molar-refractivity contribution >= 4 is 28.5 Å². The van der Waals surface area contributed by atoms with Gasteiger partial charge in [-0.05, 0) is 56.9 Å². The maximum atomic E-state index is 12.9. The third-order valence-electron chi connectivity index (χ3n) is 5.82. The fraction of sp³-hybridized carbons (Fsp3) is 0.941. The van der Waals surface area contributed by atoms with Crippen LogP contribution in [0.5, 0.6) is 0 Å². The van der Waals surface area contributed by atoms with Crippen LogP contribution in [0.2, 0.25) is 0 Å². The average Bonchev–Trinajstić information content (AvgIpc) is 3.15. The van der Waals surface area contributed by atoms with E-state index in [1.807, 2.05) is 0 Å². The van der Waals surface area contributed by atoms with Gasteiger partial charge in [-0.2, -0.15) is 17.0 Å². The molecule has 0 saturated carbocycles. The van der Waals surface area contributed by atoms with Crippen LogP contribution in [-0.4, -0.2) is 68.2 Å². The van der Waals surface area contributed by atoms with Crippen molar-refractivity contribution in [2.75, 3.05) is 39.3 Å². The summed E-state index contributed by atoms with van der Waals surface area (Å²) in [5.41, 5.74) is 0. The fourth-order valence-electron chi connectivity index (χ4n) is 4.06. The number of carbonyl (C=O) groups excluding carboxylic acids is 1. The lowest BCUT2D eigenvalue weighted by Crippen LogP contribution is -2.51. The first-order chi connectivity index (χ1) is 12.0. The number of carbonyl (C=O) groups is 1. The van der Waals surface area contributed by atoms with Crippen LogP contribution in [0.1, 0.15) is 45.4 Å². The van der Waals surface area contributed by atoms with Crippen LogP contribution in [0.25, 0.3) is 0 Å². The summed E-state index contributed by atoms with van der Waals surface area (Å²) in [6, 6.07) is -0.0706. The molecule has 0 spiro atoms. The molecule has 3 rings (SSSR count). The van der Waals surface area contributed by atoms with E-state index in [-0.39, 0.29) is 30.3 Å². The first-order valence-electron chi connectivity index (χ1n) is 9.73. The number of rotatable bonds is 5. The van der Waals surface area contributed by atoms with E-state index in [1.165, 1.54) is 0 Å². The minimum atomic E-state index is -3.35. The molecule has 3 fully saturated rings. The normalized spacial score (nSPS) is 29.3. The highest BCUT2D eigenvalue weighted by molar-refractivity contribution is 7.86. The molecule has 3 saturated heterocycles. The molecular weight excluding hydrogens is 376 g/mol. The van der Waals surface area contributed by atoms with Gasteiger partial charge in [0, 0.05) is 32.7 Å². The van der Waals surface area contributed by atoms with E-state index in [9.17, 15) is 13.2 Å². The molecule has 2 N–H and O–H groups in total. The van der Waals surface area contributed by atoms with Crippen LogP contribution in [0.3, 0.4) is 0 Å². The Kier molecular flexibility index (Phi) is 8.15. The van der Waals surface area contributed by atoms with Crippen molar-refractivity contribution in [1.82, 2.24) is 19.2 Å². The molecule has 2 atom stereocenters. The van der Waals surface area contributed by atoms with Crippen LogP contribution in [-0.2, 0) is 15.0 Å². The van der Waals surface area contributed by atoms with E-state index in [1.54, 1.807) is 8.61 Å². The highest BCUT2D eigenvalue weighted by Gasteiger charge is 2.35. The van der Waals surface area contributed by atoms with E-state index in [0.717, 1.165) is 45.1 Å². The van der Waals surface area contributed by atoms with Gasteiger partial charge in [0.15, 0.2) is 0 Å². The lowest BCUT2D eigenvalue weighted by molar-refractivity contribution is -0.123. The SMILES string of the molecule is CC1CCN(S(=O)(=O)N2CCCC(CNC(=O)C3CCCN3)C2)CC1.Cl. The van der Waals surface area contributed by atoms with Crippen molar-refractivity contribution in [2.45, 2.75) is 51.5 Å². The molecule has 152 valence electrons. The Morgan fingerprint density at radius 1 is 1.08 bits per heavy atom. The van der Waals surface area contributed by atoms with E-state index < -0.39 is 10.2 Å². The minimum absolute atomic E-state index is 0. The minimum Gasteiger partial charge on any atom is -0.354 e. The molecule has 1 amide bonds. The molecule has 3 aliphatic rings. The maximum Gasteiger partial charge on any atom is 0.281 e. The van der Waals surface area contributed by atoms with Crippen LogP contribution in [0, 0.1) is 11.8 Å². The standard InChI is InChI=1S/C17H32N4O3S.ClH/c1-14-6-10-20(11-7-14)25(23,24)21-9-3-4-15(13-21)12-19-17(22)16-5-2-8-18-16;/h14-16,18H,2-13H2,1H3,(H,19,22);1H. The monoisotopic (exact) mass is 408 g/mol. The zero-order valence-corrected chi connectivity index (χ0v) is 17.3. The van der Waals surface area contributed by atoms with Crippen molar-refractivity contribution in [1.29, 1.82) is 0 Å². The Balaban J connectivity index is 0.00000243. The van der Waals surface area contributed by atoms with E-state index in [2.05, 4.69) is 17.6 Å². The fourth-order valence-corrected chi connectivity index (χ4v) is 5.82. The van der Waals surface area contributed by atoms with Gasteiger partial charge in [0.05, 0.1) is 6.04 Å². The number of piperidine rings is 2. The van der Waals surface area contributed by atoms with Gasteiger partial charge in [-0.3, -0.25) is 4.79 Å². The molecule has 3 heterocycles. The first kappa shape index (κ1) is 21.9. The second-order valence-corrected chi connectivity index (χ2v) is 9.78. The number of nitrogens with one attached hydrogen (secondary N) is 2. The van der Waals surface area contributed by atoms with Gasteiger partial charge >= 0.3 is 0 Å². The number of nitrogens with zero attached hydrogens (tertiary/aromatic N) is 2. The highest BCUT2D eigenvalue weighted by Crippen LogP contribution is 2.25. The van der Waals surface area contributed by atoms with Crippen LogP contribution >= 0.6 is 12.4 Å². The first-order valence-corrected chi connectivity index (χ1v) is 11.1. The van der Waals surface area contributed by atoms with Crippen molar-refractivity contribution in [3.63, 3.8) is 0 Å². The molecule has 2 unspecified atom stereocenters. The lowest BCUT2D eigenvalue weighted by atomic mass is 9.99. The Morgan fingerprint density at radius 2 is 1.81 bits per heavy atom. The number of hydrogen-bond donors (Lipinski definition) is 2. The highest BCUT2D eigenvalue weighted by atomic mass is 35.5. The molecule has 0 radical (unpaired) electrons. The molecule has 0 bridgehead atoms. The number of hydrogen-bond acceptors (Lipinski definition) is 4. The molecule has 7 nitrogen and oxygen atoms in total. The second-order valence-electron chi connectivity index (χ2n) is 7.85. The molecule has 0 aromatic heterocycles. The molecule has 9 heteroatoms. The molecule has 0 aromatic carbocycles. The van der Waals surface area contributed by atoms with Gasteiger partial charge in [-0.25, -0.2) is 0 Å². The molecule has 3 aliphatic heterocycles. The molecule has 26 heavy (non-hydrogen) atoms. The van der Waals surface area contributed by atoms with Gasteiger partial charge in [-0.15, -0.1) is 12.4 Å². The van der Waals surface area contributed by atoms with Crippen LogP contribution in [0.4, 0.5) is 0 Å². The van der Waals surface area contributed by atoms with Crippen molar-refractivity contribution in [3.05, 3.63) is 0 Å². The summed E-state index contributed by atoms with van der Waals surface area (Å²) in [6.45, 7) is 6.05. The Bertz CT molecular complexity index is 560. The summed E-state index contributed by atoms with van der Waals surface area (Å²) in [5, 5.41) is 6.21. The summed E-state index contributed by atoms with van der Waals surface area (Å²) in [5.74, 6) is 0.875. The Labute approximate surface area is 163 Å². The van der Waals surface area contributed by atoms with E-state index in [4.69, 9.17) is 0 Å².